The molecule has 0 aromatic heterocycles. The van der Waals surface area contributed by atoms with Crippen molar-refractivity contribution in [2.24, 2.45) is 0 Å². The molecule has 0 radical (unpaired) electrons. The van der Waals surface area contributed by atoms with Crippen LogP contribution in [0.5, 0.6) is 0 Å². The minimum Gasteiger partial charge on any atom is -0.320 e. The first-order valence-corrected chi connectivity index (χ1v) is 4.17. The van der Waals surface area contributed by atoms with E-state index in [0.717, 1.165) is 12.1 Å². The van der Waals surface area contributed by atoms with Crippen LogP contribution in [0.15, 0.2) is 12.1 Å². The van der Waals surface area contributed by atoms with Gasteiger partial charge in [0.1, 0.15) is 23.7 Å². The molecule has 0 bridgehead atoms. The zero-order chi connectivity index (χ0) is 11.4. The van der Waals surface area contributed by atoms with Gasteiger partial charge in [-0.25, -0.2) is 8.78 Å². The number of carbonyl (C=O) groups is 1. The molecule has 15 heavy (non-hydrogen) atoms. The van der Waals surface area contributed by atoms with E-state index in [1.165, 1.54) is 6.92 Å². The molecule has 0 saturated heterocycles. The fraction of sp³-hybridized carbons (Fsp3) is 0.200. The third-order valence-electron chi connectivity index (χ3n) is 1.69. The normalized spacial score (nSPS) is 9.47. The fourth-order valence-electron chi connectivity index (χ4n) is 1.07. The van der Waals surface area contributed by atoms with Gasteiger partial charge in [0, 0.05) is 0 Å². The van der Waals surface area contributed by atoms with Crippen molar-refractivity contribution < 1.29 is 13.6 Å². The highest BCUT2D eigenvalue weighted by Crippen LogP contribution is 2.20. The molecule has 0 fully saturated rings. The molecule has 1 aromatic carbocycles. The molecule has 0 aliphatic heterocycles. The molecule has 0 unspecified atom stereocenters. The van der Waals surface area contributed by atoms with Crippen molar-refractivity contribution in [3.8, 4) is 6.07 Å². The maximum atomic E-state index is 13.2. The number of anilines is 1. The van der Waals surface area contributed by atoms with Crippen molar-refractivity contribution >= 4 is 11.6 Å². The summed E-state index contributed by atoms with van der Waals surface area (Å²) in [5.41, 5.74) is -0.0934. The first-order valence-electron chi connectivity index (χ1n) is 4.17. The van der Waals surface area contributed by atoms with Gasteiger partial charge in [-0.15, -0.1) is 0 Å². The monoisotopic (exact) mass is 210 g/mol. The summed E-state index contributed by atoms with van der Waals surface area (Å²) in [6, 6.07) is 3.79. The Morgan fingerprint density at radius 2 is 2.00 bits per heavy atom. The molecule has 5 heteroatoms. The minimum atomic E-state index is -0.848. The molecular formula is C10H8F2N2O. The van der Waals surface area contributed by atoms with Gasteiger partial charge >= 0.3 is 0 Å². The highest BCUT2D eigenvalue weighted by Gasteiger charge is 2.12. The van der Waals surface area contributed by atoms with E-state index in [4.69, 9.17) is 5.26 Å². The van der Waals surface area contributed by atoms with Gasteiger partial charge in [0.25, 0.3) is 0 Å². The Labute approximate surface area is 85.3 Å². The molecule has 0 atom stereocenters. The summed E-state index contributed by atoms with van der Waals surface area (Å²) in [4.78, 5) is 10.9. The number of nitriles is 1. The van der Waals surface area contributed by atoms with E-state index >= 15 is 0 Å². The average Bonchev–Trinajstić information content (AvgIpc) is 2.11. The van der Waals surface area contributed by atoms with Crippen LogP contribution in [-0.4, -0.2) is 5.91 Å². The number of hydrogen-bond acceptors (Lipinski definition) is 2. The largest absolute Gasteiger partial charge is 0.320 e. The Morgan fingerprint density at radius 1 is 1.47 bits per heavy atom. The van der Waals surface area contributed by atoms with Gasteiger partial charge in [-0.1, -0.05) is 0 Å². The fourth-order valence-corrected chi connectivity index (χ4v) is 1.07. The van der Waals surface area contributed by atoms with Crippen molar-refractivity contribution in [2.45, 2.75) is 13.3 Å². The Hall–Kier alpha value is -1.96. The number of benzene rings is 1. The topological polar surface area (TPSA) is 52.9 Å². The first-order chi connectivity index (χ1) is 7.04. The second-order valence-corrected chi connectivity index (χ2v) is 2.99. The van der Waals surface area contributed by atoms with E-state index in [2.05, 4.69) is 0 Å². The van der Waals surface area contributed by atoms with Gasteiger partial charge in [-0.3, -0.25) is 4.79 Å². The van der Waals surface area contributed by atoms with Gasteiger partial charge in [-0.2, -0.15) is 5.26 Å². The van der Waals surface area contributed by atoms with Crippen molar-refractivity contribution in [2.75, 3.05) is 5.32 Å². The van der Waals surface area contributed by atoms with Gasteiger partial charge < -0.3 is 5.32 Å². The molecule has 0 spiro atoms. The van der Waals surface area contributed by atoms with Crippen LogP contribution in [-0.2, 0) is 4.79 Å². The minimum absolute atomic E-state index is 0.420. The number of rotatable bonds is 2. The lowest BCUT2D eigenvalue weighted by Crippen LogP contribution is -2.13. The maximum absolute atomic E-state index is 13.2. The lowest BCUT2D eigenvalue weighted by Gasteiger charge is -2.06. The Kier molecular flexibility index (Phi) is 3.34. The standard InChI is InChI=1S/C10H8F2N2O/c1-6-4-7(11)10(8(12)5-6)14-9(15)2-3-13/h4-5H,2H2,1H3,(H,14,15). The molecule has 3 nitrogen and oxygen atoms in total. The second kappa shape index (κ2) is 4.51. The zero-order valence-electron chi connectivity index (χ0n) is 7.97. The van der Waals surface area contributed by atoms with E-state index in [1.54, 1.807) is 6.07 Å². The predicted octanol–water partition coefficient (Wildman–Crippen LogP) is 2.13. The molecule has 0 aliphatic carbocycles. The summed E-state index contributed by atoms with van der Waals surface area (Å²) in [5, 5.41) is 10.2. The van der Waals surface area contributed by atoms with Crippen molar-refractivity contribution in [3.63, 3.8) is 0 Å². The maximum Gasteiger partial charge on any atom is 0.238 e. The Bertz CT molecular complexity index is 415. The summed E-state index contributed by atoms with van der Waals surface area (Å²) in [6.07, 6.45) is -0.438. The molecule has 1 N–H and O–H groups in total. The predicted molar refractivity (Wildman–Crippen MR) is 50.0 cm³/mol. The first kappa shape index (κ1) is 11.1. The third-order valence-corrected chi connectivity index (χ3v) is 1.69. The molecular weight excluding hydrogens is 202 g/mol. The number of halogens is 2. The highest BCUT2D eigenvalue weighted by atomic mass is 19.1. The van der Waals surface area contributed by atoms with Crippen molar-refractivity contribution in [1.29, 1.82) is 5.26 Å². The molecule has 1 aromatic rings. The van der Waals surface area contributed by atoms with E-state index in [1.807, 2.05) is 5.32 Å². The molecule has 78 valence electrons. The lowest BCUT2D eigenvalue weighted by molar-refractivity contribution is -0.115. The summed E-state index contributed by atoms with van der Waals surface area (Å²) < 4.78 is 26.3. The van der Waals surface area contributed by atoms with Gasteiger partial charge in [0.05, 0.1) is 6.07 Å². The summed E-state index contributed by atoms with van der Waals surface area (Å²) in [7, 11) is 0. The zero-order valence-corrected chi connectivity index (χ0v) is 7.97. The highest BCUT2D eigenvalue weighted by molar-refractivity contribution is 5.92. The van der Waals surface area contributed by atoms with E-state index < -0.39 is 29.6 Å². The molecule has 0 aliphatic rings. The number of nitrogens with zero attached hydrogens (tertiary/aromatic N) is 1. The van der Waals surface area contributed by atoms with Crippen LogP contribution in [0.3, 0.4) is 0 Å². The lowest BCUT2D eigenvalue weighted by atomic mass is 10.2. The summed E-state index contributed by atoms with van der Waals surface area (Å²) >= 11 is 0. The smallest absolute Gasteiger partial charge is 0.238 e. The molecule has 1 rings (SSSR count). The van der Waals surface area contributed by atoms with Crippen LogP contribution in [0, 0.1) is 29.9 Å². The second-order valence-electron chi connectivity index (χ2n) is 2.99. The van der Waals surface area contributed by atoms with Crippen LogP contribution in [0.1, 0.15) is 12.0 Å². The number of amides is 1. The molecule has 1 amide bonds. The van der Waals surface area contributed by atoms with Crippen LogP contribution < -0.4 is 5.32 Å². The number of carbonyl (C=O) groups excluding carboxylic acids is 1. The van der Waals surface area contributed by atoms with Gasteiger partial charge in [-0.05, 0) is 24.6 Å². The SMILES string of the molecule is Cc1cc(F)c(NC(=O)CC#N)c(F)c1. The number of aryl methyl sites for hydroxylation is 1. The van der Waals surface area contributed by atoms with Crippen molar-refractivity contribution in [1.82, 2.24) is 0 Å². The van der Waals surface area contributed by atoms with Gasteiger partial charge in [0.2, 0.25) is 5.91 Å². The van der Waals surface area contributed by atoms with E-state index in [0.29, 0.717) is 5.56 Å². The van der Waals surface area contributed by atoms with E-state index in [-0.39, 0.29) is 0 Å². The average molecular weight is 210 g/mol. The quantitative estimate of drug-likeness (QED) is 0.812. The van der Waals surface area contributed by atoms with E-state index in [9.17, 15) is 13.6 Å². The Morgan fingerprint density at radius 3 is 2.47 bits per heavy atom. The van der Waals surface area contributed by atoms with Crippen LogP contribution >= 0.6 is 0 Å². The number of hydrogen-bond donors (Lipinski definition) is 1. The van der Waals surface area contributed by atoms with Crippen LogP contribution in [0.4, 0.5) is 14.5 Å². The summed E-state index contributed by atoms with van der Waals surface area (Å²) in [5.74, 6) is -2.43. The van der Waals surface area contributed by atoms with Crippen LogP contribution in [0.2, 0.25) is 0 Å². The Balaban J connectivity index is 2.96. The molecule has 0 heterocycles. The molecule has 0 saturated carbocycles. The van der Waals surface area contributed by atoms with Crippen LogP contribution in [0.25, 0.3) is 0 Å². The van der Waals surface area contributed by atoms with Gasteiger partial charge in [0.15, 0.2) is 0 Å². The third kappa shape index (κ3) is 2.74. The van der Waals surface area contributed by atoms with Crippen molar-refractivity contribution in [3.05, 3.63) is 29.3 Å². The summed E-state index contributed by atoms with van der Waals surface area (Å²) in [6.45, 7) is 1.53. The number of nitrogens with one attached hydrogen (secondary N) is 1.